The number of anilines is 1. The number of carbonyl (C=O) groups excluding carboxylic acids is 1. The highest BCUT2D eigenvalue weighted by molar-refractivity contribution is 7.92. The van der Waals surface area contributed by atoms with E-state index in [0.717, 1.165) is 0 Å². The van der Waals surface area contributed by atoms with Gasteiger partial charge >= 0.3 is 5.97 Å². The van der Waals surface area contributed by atoms with Crippen molar-refractivity contribution >= 4 is 21.7 Å². The van der Waals surface area contributed by atoms with E-state index >= 15 is 0 Å². The van der Waals surface area contributed by atoms with Crippen LogP contribution >= 0.6 is 0 Å². The smallest absolute Gasteiger partial charge is 0.306 e. The van der Waals surface area contributed by atoms with Gasteiger partial charge in [0.25, 0.3) is 0 Å². The summed E-state index contributed by atoms with van der Waals surface area (Å²) in [5, 5.41) is 9.94. The molecule has 7 heteroatoms. The number of benzene rings is 1. The molecule has 1 aliphatic heterocycles. The standard InChI is InChI=1S/C14H19NO5S/c1-2-20-14(17)8-10-21(18,19)15-9-7-13(16)11-5-3-4-6-12(11)15/h3-6,13,16H,2,7-10H2,1H3. The first kappa shape index (κ1) is 15.8. The van der Waals surface area contributed by atoms with Gasteiger partial charge in [0, 0.05) is 12.1 Å². The largest absolute Gasteiger partial charge is 0.466 e. The lowest BCUT2D eigenvalue weighted by Gasteiger charge is -2.32. The lowest BCUT2D eigenvalue weighted by molar-refractivity contribution is -0.142. The first-order valence-electron chi connectivity index (χ1n) is 6.88. The van der Waals surface area contributed by atoms with Gasteiger partial charge in [-0.05, 0) is 19.4 Å². The third kappa shape index (κ3) is 3.54. The molecule has 0 spiro atoms. The van der Waals surface area contributed by atoms with Crippen molar-refractivity contribution in [3.8, 4) is 0 Å². The summed E-state index contributed by atoms with van der Waals surface area (Å²) < 4.78 is 30.8. The summed E-state index contributed by atoms with van der Waals surface area (Å²) in [4.78, 5) is 11.3. The molecule has 0 saturated heterocycles. The van der Waals surface area contributed by atoms with Crippen LogP contribution in [0.2, 0.25) is 0 Å². The average molecular weight is 313 g/mol. The number of carbonyl (C=O) groups is 1. The van der Waals surface area contributed by atoms with Crippen LogP contribution in [0.5, 0.6) is 0 Å². The highest BCUT2D eigenvalue weighted by atomic mass is 32.2. The molecule has 0 aromatic heterocycles. The number of hydrogen-bond donors (Lipinski definition) is 1. The van der Waals surface area contributed by atoms with Crippen LogP contribution in [0, 0.1) is 0 Å². The van der Waals surface area contributed by atoms with Crippen LogP contribution in [0.1, 0.15) is 31.4 Å². The molecule has 0 amide bonds. The van der Waals surface area contributed by atoms with Crippen LogP contribution in [0.15, 0.2) is 24.3 Å². The highest BCUT2D eigenvalue weighted by Crippen LogP contribution is 2.35. The third-order valence-corrected chi connectivity index (χ3v) is 5.15. The molecule has 0 saturated carbocycles. The number of ether oxygens (including phenoxy) is 1. The Morgan fingerprint density at radius 3 is 2.86 bits per heavy atom. The topological polar surface area (TPSA) is 83.9 Å². The monoisotopic (exact) mass is 313 g/mol. The number of esters is 1. The van der Waals surface area contributed by atoms with E-state index < -0.39 is 22.1 Å². The molecule has 1 aromatic carbocycles. The predicted molar refractivity (Wildman–Crippen MR) is 78.4 cm³/mol. The molecule has 0 bridgehead atoms. The number of rotatable bonds is 5. The van der Waals surface area contributed by atoms with Gasteiger partial charge in [-0.25, -0.2) is 8.42 Å². The van der Waals surface area contributed by atoms with E-state index in [1.807, 2.05) is 0 Å². The van der Waals surface area contributed by atoms with Crippen LogP contribution in [0.25, 0.3) is 0 Å². The molecular weight excluding hydrogens is 294 g/mol. The van der Waals surface area contributed by atoms with Crippen LogP contribution in [0.3, 0.4) is 0 Å². The zero-order valence-electron chi connectivity index (χ0n) is 11.9. The zero-order chi connectivity index (χ0) is 15.5. The number of hydrogen-bond acceptors (Lipinski definition) is 5. The number of para-hydroxylation sites is 1. The van der Waals surface area contributed by atoms with E-state index in [1.54, 1.807) is 31.2 Å². The second-order valence-electron chi connectivity index (χ2n) is 4.81. The Hall–Kier alpha value is -1.60. The second-order valence-corrected chi connectivity index (χ2v) is 6.82. The Balaban J connectivity index is 2.18. The quantitative estimate of drug-likeness (QED) is 0.826. The summed E-state index contributed by atoms with van der Waals surface area (Å²) in [7, 11) is -3.61. The fraction of sp³-hybridized carbons (Fsp3) is 0.500. The molecule has 116 valence electrons. The lowest BCUT2D eigenvalue weighted by Crippen LogP contribution is -2.38. The first-order chi connectivity index (χ1) is 9.95. The summed E-state index contributed by atoms with van der Waals surface area (Å²) in [6.07, 6.45) is -0.481. The lowest BCUT2D eigenvalue weighted by atomic mass is 10.0. The molecule has 6 nitrogen and oxygen atoms in total. The summed E-state index contributed by atoms with van der Waals surface area (Å²) in [5.41, 5.74) is 1.09. The number of fused-ring (bicyclic) bond motifs is 1. The maximum absolute atomic E-state index is 12.4. The fourth-order valence-electron chi connectivity index (χ4n) is 2.36. The van der Waals surface area contributed by atoms with Crippen LogP contribution in [-0.4, -0.2) is 38.4 Å². The summed E-state index contributed by atoms with van der Waals surface area (Å²) in [5.74, 6) is -0.817. The minimum atomic E-state index is -3.61. The zero-order valence-corrected chi connectivity index (χ0v) is 12.7. The van der Waals surface area contributed by atoms with Crippen LogP contribution in [0.4, 0.5) is 5.69 Å². The van der Waals surface area contributed by atoms with Gasteiger partial charge < -0.3 is 9.84 Å². The predicted octanol–water partition coefficient (Wildman–Crippen LogP) is 1.21. The van der Waals surface area contributed by atoms with Crippen molar-refractivity contribution < 1.29 is 23.1 Å². The van der Waals surface area contributed by atoms with Crippen molar-refractivity contribution in [2.45, 2.75) is 25.9 Å². The third-order valence-electron chi connectivity index (χ3n) is 3.38. The van der Waals surface area contributed by atoms with Gasteiger partial charge in [0.05, 0.1) is 30.6 Å². The van der Waals surface area contributed by atoms with Gasteiger partial charge in [-0.2, -0.15) is 0 Å². The number of sulfonamides is 1. The molecule has 0 fully saturated rings. The molecule has 1 aliphatic rings. The Morgan fingerprint density at radius 1 is 1.43 bits per heavy atom. The van der Waals surface area contributed by atoms with Crippen LogP contribution < -0.4 is 4.31 Å². The maximum atomic E-state index is 12.4. The highest BCUT2D eigenvalue weighted by Gasteiger charge is 2.31. The van der Waals surface area contributed by atoms with E-state index in [0.29, 0.717) is 17.7 Å². The second kappa shape index (κ2) is 6.44. The van der Waals surface area contributed by atoms with Gasteiger partial charge in [0.1, 0.15) is 0 Å². The fourth-order valence-corrected chi connectivity index (χ4v) is 3.85. The molecule has 1 unspecified atom stereocenters. The van der Waals surface area contributed by atoms with E-state index in [4.69, 9.17) is 4.74 Å². The number of aliphatic hydroxyl groups is 1. The van der Waals surface area contributed by atoms with E-state index in [1.165, 1.54) is 4.31 Å². The van der Waals surface area contributed by atoms with Crippen molar-refractivity contribution in [2.75, 3.05) is 23.2 Å². The van der Waals surface area contributed by atoms with Gasteiger partial charge in [-0.1, -0.05) is 18.2 Å². The normalized spacial score (nSPS) is 18.2. The minimum Gasteiger partial charge on any atom is -0.466 e. The maximum Gasteiger partial charge on any atom is 0.306 e. The molecule has 1 atom stereocenters. The van der Waals surface area contributed by atoms with Gasteiger partial charge in [-0.3, -0.25) is 9.10 Å². The minimum absolute atomic E-state index is 0.169. The Kier molecular flexibility index (Phi) is 4.84. The van der Waals surface area contributed by atoms with Crippen molar-refractivity contribution in [1.29, 1.82) is 0 Å². The molecule has 0 aliphatic carbocycles. The van der Waals surface area contributed by atoms with Crippen molar-refractivity contribution in [3.05, 3.63) is 29.8 Å². The summed E-state index contributed by atoms with van der Waals surface area (Å²) >= 11 is 0. The molecule has 1 aromatic rings. The van der Waals surface area contributed by atoms with Crippen molar-refractivity contribution in [1.82, 2.24) is 0 Å². The number of nitrogens with zero attached hydrogens (tertiary/aromatic N) is 1. The van der Waals surface area contributed by atoms with Gasteiger partial charge in [-0.15, -0.1) is 0 Å². The molecule has 2 rings (SSSR count). The van der Waals surface area contributed by atoms with E-state index in [2.05, 4.69) is 0 Å². The summed E-state index contributed by atoms with van der Waals surface area (Å²) in [6.45, 7) is 2.12. The molecule has 21 heavy (non-hydrogen) atoms. The summed E-state index contributed by atoms with van der Waals surface area (Å²) in [6, 6.07) is 6.87. The molecule has 1 N–H and O–H groups in total. The average Bonchev–Trinajstić information content (AvgIpc) is 2.46. The first-order valence-corrected chi connectivity index (χ1v) is 8.49. The molecular formula is C14H19NO5S. The Labute approximate surface area is 124 Å². The van der Waals surface area contributed by atoms with Gasteiger partial charge in [0.15, 0.2) is 0 Å². The van der Waals surface area contributed by atoms with Crippen molar-refractivity contribution in [2.24, 2.45) is 0 Å². The number of aliphatic hydroxyl groups excluding tert-OH is 1. The SMILES string of the molecule is CCOC(=O)CCS(=O)(=O)N1CCC(O)c2ccccc21. The van der Waals surface area contributed by atoms with Gasteiger partial charge in [0.2, 0.25) is 10.0 Å². The Morgan fingerprint density at radius 2 is 2.14 bits per heavy atom. The van der Waals surface area contributed by atoms with Crippen molar-refractivity contribution in [3.63, 3.8) is 0 Å². The van der Waals surface area contributed by atoms with Crippen LogP contribution in [-0.2, 0) is 19.6 Å². The Bertz CT molecular complexity index is 614. The van der Waals surface area contributed by atoms with E-state index in [9.17, 15) is 18.3 Å². The molecule has 1 heterocycles. The van der Waals surface area contributed by atoms with E-state index in [-0.39, 0.29) is 25.3 Å². The molecule has 0 radical (unpaired) electrons.